The van der Waals surface area contributed by atoms with Crippen LogP contribution in [0.4, 0.5) is 0 Å². The number of nitrogens with zero attached hydrogens (tertiary/aromatic N) is 1. The Hall–Kier alpha value is -0.410. The van der Waals surface area contributed by atoms with Crippen molar-refractivity contribution in [2.45, 2.75) is 39.2 Å². The molecule has 0 saturated heterocycles. The minimum absolute atomic E-state index is 0.630. The zero-order valence-corrected chi connectivity index (χ0v) is 9.57. The van der Waals surface area contributed by atoms with Crippen molar-refractivity contribution in [1.29, 1.82) is 0 Å². The van der Waals surface area contributed by atoms with Crippen LogP contribution in [0.15, 0.2) is 11.7 Å². The molecule has 0 radical (unpaired) electrons. The number of hydrogen-bond acceptors (Lipinski definition) is 3. The third kappa shape index (κ3) is 2.15. The van der Waals surface area contributed by atoms with Gasteiger partial charge in [0, 0.05) is 24.2 Å². The Morgan fingerprint density at radius 2 is 2.43 bits per heavy atom. The van der Waals surface area contributed by atoms with Gasteiger partial charge in [-0.15, -0.1) is 11.3 Å². The Labute approximate surface area is 89.8 Å². The molecule has 0 unspecified atom stereocenters. The lowest BCUT2D eigenvalue weighted by Gasteiger charge is -2.41. The molecule has 2 nitrogen and oxygen atoms in total. The monoisotopic (exact) mass is 210 g/mol. The molecule has 78 valence electrons. The molecule has 1 aliphatic rings. The number of aromatic nitrogens is 1. The average Bonchev–Trinajstić information content (AvgIpc) is 2.62. The lowest BCUT2D eigenvalue weighted by atomic mass is 9.67. The summed E-state index contributed by atoms with van der Waals surface area (Å²) < 4.78 is 0. The Bertz CT molecular complexity index is 259. The van der Waals surface area contributed by atoms with Crippen molar-refractivity contribution in [3.8, 4) is 0 Å². The van der Waals surface area contributed by atoms with Gasteiger partial charge in [-0.05, 0) is 24.7 Å². The van der Waals surface area contributed by atoms with Crippen molar-refractivity contribution in [3.05, 3.63) is 16.6 Å². The molecular weight excluding hydrogens is 192 g/mol. The first kappa shape index (κ1) is 10.1. The van der Waals surface area contributed by atoms with E-state index in [0.29, 0.717) is 5.41 Å². The van der Waals surface area contributed by atoms with Crippen LogP contribution in [0.3, 0.4) is 0 Å². The van der Waals surface area contributed by atoms with Crippen LogP contribution in [-0.2, 0) is 6.54 Å². The SMILES string of the molecule is CCC1(CNCc2cncs2)CCC1. The highest BCUT2D eigenvalue weighted by atomic mass is 32.1. The second-order valence-corrected chi connectivity index (χ2v) is 5.25. The molecule has 1 aliphatic carbocycles. The van der Waals surface area contributed by atoms with E-state index in [-0.39, 0.29) is 0 Å². The predicted molar refractivity (Wildman–Crippen MR) is 60.4 cm³/mol. The molecule has 0 bridgehead atoms. The summed E-state index contributed by atoms with van der Waals surface area (Å²) in [5, 5.41) is 3.55. The molecule has 3 heteroatoms. The van der Waals surface area contributed by atoms with Crippen molar-refractivity contribution in [2.75, 3.05) is 6.54 Å². The van der Waals surface area contributed by atoms with E-state index in [0.717, 1.165) is 6.54 Å². The molecular formula is C11H18N2S. The molecule has 14 heavy (non-hydrogen) atoms. The summed E-state index contributed by atoms with van der Waals surface area (Å²) in [6.45, 7) is 4.49. The summed E-state index contributed by atoms with van der Waals surface area (Å²) in [7, 11) is 0. The topological polar surface area (TPSA) is 24.9 Å². The molecule has 1 aromatic rings. The highest BCUT2D eigenvalue weighted by Crippen LogP contribution is 2.43. The molecule has 2 rings (SSSR count). The molecule has 1 fully saturated rings. The van der Waals surface area contributed by atoms with Gasteiger partial charge in [-0.25, -0.2) is 0 Å². The average molecular weight is 210 g/mol. The minimum Gasteiger partial charge on any atom is -0.311 e. The van der Waals surface area contributed by atoms with Gasteiger partial charge in [0.05, 0.1) is 5.51 Å². The largest absolute Gasteiger partial charge is 0.311 e. The lowest BCUT2D eigenvalue weighted by molar-refractivity contribution is 0.124. The molecule has 1 N–H and O–H groups in total. The first-order valence-corrected chi connectivity index (χ1v) is 6.31. The fourth-order valence-corrected chi connectivity index (χ4v) is 2.68. The summed E-state index contributed by atoms with van der Waals surface area (Å²) in [6, 6.07) is 0. The van der Waals surface area contributed by atoms with E-state index in [1.807, 2.05) is 11.7 Å². The van der Waals surface area contributed by atoms with Crippen molar-refractivity contribution < 1.29 is 0 Å². The van der Waals surface area contributed by atoms with Gasteiger partial charge in [-0.2, -0.15) is 0 Å². The normalized spacial score (nSPS) is 19.2. The quantitative estimate of drug-likeness (QED) is 0.808. The van der Waals surface area contributed by atoms with Gasteiger partial charge in [0.1, 0.15) is 0 Å². The van der Waals surface area contributed by atoms with Crippen LogP contribution in [-0.4, -0.2) is 11.5 Å². The van der Waals surface area contributed by atoms with E-state index in [1.165, 1.54) is 37.1 Å². The van der Waals surface area contributed by atoms with Gasteiger partial charge >= 0.3 is 0 Å². The highest BCUT2D eigenvalue weighted by Gasteiger charge is 2.34. The number of hydrogen-bond donors (Lipinski definition) is 1. The Kier molecular flexibility index (Phi) is 3.19. The molecule has 1 heterocycles. The van der Waals surface area contributed by atoms with Crippen molar-refractivity contribution in [1.82, 2.24) is 10.3 Å². The minimum atomic E-state index is 0.630. The van der Waals surface area contributed by atoms with Crippen LogP contribution in [0.2, 0.25) is 0 Å². The van der Waals surface area contributed by atoms with Gasteiger partial charge < -0.3 is 5.32 Å². The van der Waals surface area contributed by atoms with Crippen LogP contribution >= 0.6 is 11.3 Å². The second-order valence-electron chi connectivity index (χ2n) is 4.28. The van der Waals surface area contributed by atoms with E-state index >= 15 is 0 Å². The summed E-state index contributed by atoms with van der Waals surface area (Å²) in [5.41, 5.74) is 2.53. The molecule has 1 aromatic heterocycles. The van der Waals surface area contributed by atoms with Crippen molar-refractivity contribution >= 4 is 11.3 Å². The van der Waals surface area contributed by atoms with E-state index in [1.54, 1.807) is 11.3 Å². The maximum absolute atomic E-state index is 4.07. The van der Waals surface area contributed by atoms with Crippen molar-refractivity contribution in [2.24, 2.45) is 5.41 Å². The third-order valence-corrected chi connectivity index (χ3v) is 4.23. The molecule has 0 amide bonds. The third-order valence-electron chi connectivity index (χ3n) is 3.45. The number of nitrogens with one attached hydrogen (secondary N) is 1. The van der Waals surface area contributed by atoms with Crippen LogP contribution in [0.1, 0.15) is 37.5 Å². The molecule has 1 saturated carbocycles. The summed E-state index contributed by atoms with van der Waals surface area (Å²) in [4.78, 5) is 5.41. The maximum atomic E-state index is 4.07. The van der Waals surface area contributed by atoms with E-state index in [4.69, 9.17) is 0 Å². The second kappa shape index (κ2) is 4.41. The first-order valence-electron chi connectivity index (χ1n) is 5.43. The Balaban J connectivity index is 1.72. The summed E-state index contributed by atoms with van der Waals surface area (Å²) >= 11 is 1.73. The van der Waals surface area contributed by atoms with Gasteiger partial charge in [0.15, 0.2) is 0 Å². The van der Waals surface area contributed by atoms with Crippen LogP contribution in [0, 0.1) is 5.41 Å². The molecule has 0 atom stereocenters. The zero-order valence-electron chi connectivity index (χ0n) is 8.75. The van der Waals surface area contributed by atoms with Gasteiger partial charge in [0.2, 0.25) is 0 Å². The molecule has 0 aromatic carbocycles. The van der Waals surface area contributed by atoms with Crippen LogP contribution in [0.25, 0.3) is 0 Å². The van der Waals surface area contributed by atoms with Gasteiger partial charge in [-0.1, -0.05) is 13.3 Å². The fourth-order valence-electron chi connectivity index (χ4n) is 2.11. The standard InChI is InChI=1S/C11H18N2S/c1-2-11(4-3-5-11)8-12-6-10-7-13-9-14-10/h7,9,12H,2-6,8H2,1H3. The van der Waals surface area contributed by atoms with E-state index in [9.17, 15) is 0 Å². The fraction of sp³-hybridized carbons (Fsp3) is 0.727. The molecule has 0 aliphatic heterocycles. The van der Waals surface area contributed by atoms with Crippen LogP contribution in [0.5, 0.6) is 0 Å². The number of thiazole rings is 1. The van der Waals surface area contributed by atoms with E-state index in [2.05, 4.69) is 17.2 Å². The predicted octanol–water partition coefficient (Wildman–Crippen LogP) is 2.81. The highest BCUT2D eigenvalue weighted by molar-refractivity contribution is 7.09. The first-order chi connectivity index (χ1) is 6.85. The Morgan fingerprint density at radius 3 is 2.93 bits per heavy atom. The number of rotatable bonds is 5. The van der Waals surface area contributed by atoms with Gasteiger partial charge in [-0.3, -0.25) is 4.98 Å². The van der Waals surface area contributed by atoms with Gasteiger partial charge in [0.25, 0.3) is 0 Å². The summed E-state index contributed by atoms with van der Waals surface area (Å²) in [5.74, 6) is 0. The lowest BCUT2D eigenvalue weighted by Crippen LogP contribution is -2.39. The summed E-state index contributed by atoms with van der Waals surface area (Å²) in [6.07, 6.45) is 7.54. The Morgan fingerprint density at radius 1 is 1.57 bits per heavy atom. The van der Waals surface area contributed by atoms with E-state index < -0.39 is 0 Å². The molecule has 0 spiro atoms. The maximum Gasteiger partial charge on any atom is 0.0794 e. The van der Waals surface area contributed by atoms with Crippen LogP contribution < -0.4 is 5.32 Å². The van der Waals surface area contributed by atoms with Crippen molar-refractivity contribution in [3.63, 3.8) is 0 Å². The smallest absolute Gasteiger partial charge is 0.0794 e. The zero-order chi connectivity index (χ0) is 9.86.